The molecule has 1 aromatic heterocycles. The summed E-state index contributed by atoms with van der Waals surface area (Å²) in [5.41, 5.74) is 4.59. The first-order chi connectivity index (χ1) is 11.5. The molecular weight excluding hydrogens is 300 g/mol. The number of amides is 1. The van der Waals surface area contributed by atoms with E-state index in [4.69, 9.17) is 5.41 Å². The fourth-order valence-corrected chi connectivity index (χ4v) is 2.81. The number of allylic oxidation sites excluding steroid dienone is 3. The Kier molecular flexibility index (Phi) is 4.05. The molecule has 5 nitrogen and oxygen atoms in total. The molecule has 3 rings (SSSR count). The van der Waals surface area contributed by atoms with Gasteiger partial charge in [0.25, 0.3) is 0 Å². The number of carbonyl (C=O) groups is 1. The van der Waals surface area contributed by atoms with Crippen molar-refractivity contribution in [3.63, 3.8) is 0 Å². The molecule has 120 valence electrons. The number of carbonyl (C=O) groups excluding carboxylic acids is 1. The third-order valence-corrected chi connectivity index (χ3v) is 4.13. The average Bonchev–Trinajstić information content (AvgIpc) is 2.95. The van der Waals surface area contributed by atoms with Crippen molar-refractivity contribution in [2.75, 3.05) is 7.05 Å². The van der Waals surface area contributed by atoms with Gasteiger partial charge in [-0.25, -0.2) is 0 Å². The molecule has 0 aromatic carbocycles. The van der Waals surface area contributed by atoms with Gasteiger partial charge in [-0.05, 0) is 41.9 Å². The number of nitrogens with one attached hydrogen (secondary N) is 2. The highest BCUT2D eigenvalue weighted by Crippen LogP contribution is 2.32. The minimum atomic E-state index is -0.228. The first-order valence-electron chi connectivity index (χ1n) is 7.62. The van der Waals surface area contributed by atoms with Crippen molar-refractivity contribution in [2.24, 2.45) is 0 Å². The number of aromatic nitrogens is 1. The van der Waals surface area contributed by atoms with E-state index in [0.29, 0.717) is 6.42 Å². The fraction of sp³-hybridized carbons (Fsp3) is 0.211. The second-order valence-corrected chi connectivity index (χ2v) is 5.76. The summed E-state index contributed by atoms with van der Waals surface area (Å²) in [4.78, 5) is 17.5. The van der Waals surface area contributed by atoms with E-state index in [1.54, 1.807) is 26.4 Å². The number of guanidine groups is 1. The van der Waals surface area contributed by atoms with Crippen molar-refractivity contribution in [1.82, 2.24) is 15.2 Å². The lowest BCUT2D eigenvalue weighted by atomic mass is 9.97. The number of rotatable bonds is 2. The van der Waals surface area contributed by atoms with Crippen LogP contribution in [-0.2, 0) is 4.79 Å². The van der Waals surface area contributed by atoms with Gasteiger partial charge in [0.05, 0.1) is 12.5 Å². The van der Waals surface area contributed by atoms with Crippen LogP contribution >= 0.6 is 0 Å². The Hall–Kier alpha value is -3.13. The normalized spacial score (nSPS) is 20.2. The Morgan fingerprint density at radius 3 is 2.92 bits per heavy atom. The molecule has 1 saturated heterocycles. The van der Waals surface area contributed by atoms with Gasteiger partial charge in [0.15, 0.2) is 5.96 Å². The van der Waals surface area contributed by atoms with Crippen molar-refractivity contribution < 1.29 is 4.79 Å². The van der Waals surface area contributed by atoms with Crippen molar-refractivity contribution in [3.05, 3.63) is 59.5 Å². The van der Waals surface area contributed by atoms with Crippen LogP contribution in [0.15, 0.2) is 48.3 Å². The molecule has 1 amide bonds. The summed E-state index contributed by atoms with van der Waals surface area (Å²) in [6.07, 6.45) is 7.81. The van der Waals surface area contributed by atoms with Crippen LogP contribution < -0.4 is 5.32 Å². The van der Waals surface area contributed by atoms with Crippen LogP contribution in [0.1, 0.15) is 24.5 Å². The van der Waals surface area contributed by atoms with Gasteiger partial charge in [-0.3, -0.25) is 20.1 Å². The van der Waals surface area contributed by atoms with Gasteiger partial charge < -0.3 is 5.32 Å². The average molecular weight is 318 g/mol. The topological polar surface area (TPSA) is 69.1 Å². The van der Waals surface area contributed by atoms with Gasteiger partial charge >= 0.3 is 0 Å². The zero-order chi connectivity index (χ0) is 17.3. The summed E-state index contributed by atoms with van der Waals surface area (Å²) in [7, 11) is 1.60. The lowest BCUT2D eigenvalue weighted by Gasteiger charge is -2.32. The molecule has 0 unspecified atom stereocenters. The third-order valence-electron chi connectivity index (χ3n) is 4.13. The van der Waals surface area contributed by atoms with Crippen molar-refractivity contribution in [3.8, 4) is 11.8 Å². The molecule has 1 fully saturated rings. The molecule has 0 bridgehead atoms. The molecule has 5 heteroatoms. The summed E-state index contributed by atoms with van der Waals surface area (Å²) < 4.78 is 0. The van der Waals surface area contributed by atoms with Crippen LogP contribution in [0, 0.1) is 17.3 Å². The van der Waals surface area contributed by atoms with Crippen LogP contribution in [-0.4, -0.2) is 34.8 Å². The van der Waals surface area contributed by atoms with E-state index in [1.165, 1.54) is 4.90 Å². The van der Waals surface area contributed by atoms with Gasteiger partial charge in [-0.1, -0.05) is 12.5 Å². The maximum Gasteiger partial charge on any atom is 0.231 e. The van der Waals surface area contributed by atoms with E-state index in [9.17, 15) is 4.79 Å². The lowest BCUT2D eigenvalue weighted by molar-refractivity contribution is -0.127. The predicted octanol–water partition coefficient (Wildman–Crippen LogP) is 2.09. The summed E-state index contributed by atoms with van der Waals surface area (Å²) in [6, 6.07) is 1.76. The Morgan fingerprint density at radius 2 is 2.21 bits per heavy atom. The van der Waals surface area contributed by atoms with E-state index < -0.39 is 0 Å². The number of hydrogen-bond donors (Lipinski definition) is 2. The second-order valence-electron chi connectivity index (χ2n) is 5.76. The van der Waals surface area contributed by atoms with Crippen molar-refractivity contribution >= 4 is 17.4 Å². The van der Waals surface area contributed by atoms with E-state index in [0.717, 1.165) is 27.8 Å². The first kappa shape index (κ1) is 15.8. The molecule has 1 aromatic rings. The molecule has 0 radical (unpaired) electrons. The van der Waals surface area contributed by atoms with Crippen LogP contribution in [0.25, 0.3) is 5.57 Å². The molecule has 0 saturated carbocycles. The van der Waals surface area contributed by atoms with Gasteiger partial charge in [0.1, 0.15) is 0 Å². The Balaban J connectivity index is 1.88. The molecule has 2 heterocycles. The number of pyridine rings is 1. The standard InChI is InChI=1S/C19H18N4O/c1-4-5-13-7-15(11-21-10-13)14-6-12(2)16(8-14)17-9-18(24)23(3)19(20)22-17/h6-8,10-11,17H,2,9H2,1,3H3,(H2,20,22)/t17-/m0/s1. The van der Waals surface area contributed by atoms with Crippen molar-refractivity contribution in [2.45, 2.75) is 19.4 Å². The van der Waals surface area contributed by atoms with E-state index in [-0.39, 0.29) is 17.9 Å². The summed E-state index contributed by atoms with van der Waals surface area (Å²) in [6.45, 7) is 5.88. The Bertz CT molecular complexity index is 849. The Labute approximate surface area is 141 Å². The van der Waals surface area contributed by atoms with Crippen LogP contribution in [0.5, 0.6) is 0 Å². The predicted molar refractivity (Wildman–Crippen MR) is 94.0 cm³/mol. The SMILES string of the molecule is C=C1C=C(c2cncc(C#CC)c2)C=C1[C@@H]1CC(=O)N(C)C(=N)N1. The molecule has 1 aliphatic heterocycles. The van der Waals surface area contributed by atoms with Crippen LogP contribution in [0.4, 0.5) is 0 Å². The number of nitrogens with zero attached hydrogens (tertiary/aromatic N) is 2. The third kappa shape index (κ3) is 2.86. The van der Waals surface area contributed by atoms with E-state index >= 15 is 0 Å². The highest BCUT2D eigenvalue weighted by molar-refractivity contribution is 5.99. The zero-order valence-electron chi connectivity index (χ0n) is 13.7. The summed E-state index contributed by atoms with van der Waals surface area (Å²) in [5.74, 6) is 5.90. The molecule has 2 aliphatic rings. The zero-order valence-corrected chi connectivity index (χ0v) is 13.7. The molecular formula is C19H18N4O. The summed E-state index contributed by atoms with van der Waals surface area (Å²) >= 11 is 0. The van der Waals surface area contributed by atoms with Crippen LogP contribution in [0.3, 0.4) is 0 Å². The van der Waals surface area contributed by atoms with Gasteiger partial charge in [0.2, 0.25) is 5.91 Å². The van der Waals surface area contributed by atoms with E-state index in [1.807, 2.05) is 18.2 Å². The highest BCUT2D eigenvalue weighted by Gasteiger charge is 2.31. The minimum absolute atomic E-state index is 0.0761. The van der Waals surface area contributed by atoms with Gasteiger partial charge in [-0.15, -0.1) is 5.92 Å². The largest absolute Gasteiger partial charge is 0.349 e. The van der Waals surface area contributed by atoms with Gasteiger partial charge in [-0.2, -0.15) is 0 Å². The quantitative estimate of drug-likeness (QED) is 0.820. The van der Waals surface area contributed by atoms with Crippen molar-refractivity contribution in [1.29, 1.82) is 5.41 Å². The summed E-state index contributed by atoms with van der Waals surface area (Å²) in [5, 5.41) is 10.9. The fourth-order valence-electron chi connectivity index (χ4n) is 2.81. The minimum Gasteiger partial charge on any atom is -0.349 e. The van der Waals surface area contributed by atoms with E-state index in [2.05, 4.69) is 28.7 Å². The molecule has 24 heavy (non-hydrogen) atoms. The molecule has 1 atom stereocenters. The molecule has 2 N–H and O–H groups in total. The smallest absolute Gasteiger partial charge is 0.231 e. The maximum absolute atomic E-state index is 12.0. The number of hydrogen-bond acceptors (Lipinski definition) is 3. The molecule has 0 spiro atoms. The maximum atomic E-state index is 12.0. The molecule has 1 aliphatic carbocycles. The first-order valence-corrected chi connectivity index (χ1v) is 7.62. The Morgan fingerprint density at radius 1 is 1.42 bits per heavy atom. The monoisotopic (exact) mass is 318 g/mol. The lowest BCUT2D eigenvalue weighted by Crippen LogP contribution is -2.53. The van der Waals surface area contributed by atoms with Gasteiger partial charge in [0, 0.05) is 30.6 Å². The van der Waals surface area contributed by atoms with Crippen LogP contribution in [0.2, 0.25) is 0 Å². The second kappa shape index (κ2) is 6.17. The highest BCUT2D eigenvalue weighted by atomic mass is 16.2.